The second-order valence-electron chi connectivity index (χ2n) is 3.21. The number of imidazole rings is 2. The summed E-state index contributed by atoms with van der Waals surface area (Å²) in [5, 5.41) is 3.27. The standard InChI is InChI=1S/C9H13N5/c1-14-5-9(13-7-14)4-10-2-8-3-11-6-12-8/h3,5-7,10H,2,4H2,1H3,(H,11,12). The second-order valence-corrected chi connectivity index (χ2v) is 3.21. The number of aromatic amines is 1. The van der Waals surface area contributed by atoms with Crippen LogP contribution in [0.4, 0.5) is 0 Å². The summed E-state index contributed by atoms with van der Waals surface area (Å²) >= 11 is 0. The summed E-state index contributed by atoms with van der Waals surface area (Å²) in [5.74, 6) is 0. The Balaban J connectivity index is 1.78. The van der Waals surface area contributed by atoms with Gasteiger partial charge in [-0.2, -0.15) is 0 Å². The number of aryl methyl sites for hydroxylation is 1. The van der Waals surface area contributed by atoms with E-state index in [1.54, 1.807) is 12.7 Å². The molecule has 0 aromatic carbocycles. The first kappa shape index (κ1) is 8.96. The minimum atomic E-state index is 0.778. The van der Waals surface area contributed by atoms with Crippen LogP contribution in [-0.2, 0) is 20.1 Å². The van der Waals surface area contributed by atoms with Crippen molar-refractivity contribution in [2.45, 2.75) is 13.1 Å². The van der Waals surface area contributed by atoms with Crippen molar-refractivity contribution in [1.82, 2.24) is 24.8 Å². The summed E-state index contributed by atoms with van der Waals surface area (Å²) < 4.78 is 1.94. The number of nitrogens with one attached hydrogen (secondary N) is 2. The van der Waals surface area contributed by atoms with Gasteiger partial charge in [-0.15, -0.1) is 0 Å². The van der Waals surface area contributed by atoms with E-state index in [1.165, 1.54) is 0 Å². The molecule has 2 N–H and O–H groups in total. The second kappa shape index (κ2) is 4.06. The zero-order valence-electron chi connectivity index (χ0n) is 8.07. The molecule has 2 heterocycles. The summed E-state index contributed by atoms with van der Waals surface area (Å²) in [6.45, 7) is 1.57. The Labute approximate surface area is 82.2 Å². The van der Waals surface area contributed by atoms with E-state index in [9.17, 15) is 0 Å². The molecule has 0 aliphatic heterocycles. The van der Waals surface area contributed by atoms with Crippen LogP contribution in [0.2, 0.25) is 0 Å². The van der Waals surface area contributed by atoms with Crippen LogP contribution in [0.3, 0.4) is 0 Å². The third-order valence-electron chi connectivity index (χ3n) is 1.93. The molecule has 0 aliphatic rings. The Bertz CT molecular complexity index is 376. The van der Waals surface area contributed by atoms with Gasteiger partial charge >= 0.3 is 0 Å². The molecule has 0 atom stereocenters. The van der Waals surface area contributed by atoms with Crippen LogP contribution in [0.15, 0.2) is 25.0 Å². The third kappa shape index (κ3) is 2.20. The summed E-state index contributed by atoms with van der Waals surface area (Å²) in [7, 11) is 1.96. The molecule has 0 radical (unpaired) electrons. The first-order valence-electron chi connectivity index (χ1n) is 4.49. The van der Waals surface area contributed by atoms with Crippen molar-refractivity contribution >= 4 is 0 Å². The average Bonchev–Trinajstić information content (AvgIpc) is 2.77. The van der Waals surface area contributed by atoms with Crippen LogP contribution in [-0.4, -0.2) is 19.5 Å². The lowest BCUT2D eigenvalue weighted by atomic mass is 10.4. The van der Waals surface area contributed by atoms with Gasteiger partial charge in [0, 0.05) is 38.2 Å². The summed E-state index contributed by atoms with van der Waals surface area (Å²) in [5.41, 5.74) is 2.13. The van der Waals surface area contributed by atoms with Crippen molar-refractivity contribution in [2.24, 2.45) is 7.05 Å². The van der Waals surface area contributed by atoms with Crippen LogP contribution in [0.1, 0.15) is 11.4 Å². The van der Waals surface area contributed by atoms with E-state index in [2.05, 4.69) is 20.3 Å². The van der Waals surface area contributed by atoms with Gasteiger partial charge in [-0.25, -0.2) is 9.97 Å². The minimum Gasteiger partial charge on any atom is -0.347 e. The lowest BCUT2D eigenvalue weighted by molar-refractivity contribution is 0.671. The van der Waals surface area contributed by atoms with E-state index < -0.39 is 0 Å². The smallest absolute Gasteiger partial charge is 0.0947 e. The van der Waals surface area contributed by atoms with E-state index in [-0.39, 0.29) is 0 Å². The lowest BCUT2D eigenvalue weighted by Crippen LogP contribution is -2.13. The first-order chi connectivity index (χ1) is 6.84. The van der Waals surface area contributed by atoms with Crippen molar-refractivity contribution in [3.05, 3.63) is 36.4 Å². The lowest BCUT2D eigenvalue weighted by Gasteiger charge is -1.99. The minimum absolute atomic E-state index is 0.778. The number of hydrogen-bond acceptors (Lipinski definition) is 3. The van der Waals surface area contributed by atoms with Crippen LogP contribution < -0.4 is 5.32 Å². The highest BCUT2D eigenvalue weighted by Crippen LogP contribution is 1.95. The zero-order chi connectivity index (χ0) is 9.80. The molecular formula is C9H13N5. The van der Waals surface area contributed by atoms with Crippen LogP contribution in [0.5, 0.6) is 0 Å². The normalized spacial score (nSPS) is 10.6. The van der Waals surface area contributed by atoms with Gasteiger partial charge in [0.05, 0.1) is 18.3 Å². The molecule has 0 amide bonds. The molecule has 0 saturated heterocycles. The maximum Gasteiger partial charge on any atom is 0.0947 e. The molecule has 2 aromatic rings. The predicted octanol–water partition coefficient (Wildman–Crippen LogP) is 0.433. The van der Waals surface area contributed by atoms with Gasteiger partial charge in [-0.1, -0.05) is 0 Å². The van der Waals surface area contributed by atoms with Gasteiger partial charge in [0.25, 0.3) is 0 Å². The quantitative estimate of drug-likeness (QED) is 0.737. The van der Waals surface area contributed by atoms with Crippen LogP contribution in [0.25, 0.3) is 0 Å². The van der Waals surface area contributed by atoms with Gasteiger partial charge in [0.2, 0.25) is 0 Å². The number of aromatic nitrogens is 4. The van der Waals surface area contributed by atoms with E-state index >= 15 is 0 Å². The fraction of sp³-hybridized carbons (Fsp3) is 0.333. The summed E-state index contributed by atoms with van der Waals surface area (Å²) in [6.07, 6.45) is 7.29. The zero-order valence-corrected chi connectivity index (χ0v) is 8.07. The van der Waals surface area contributed by atoms with Crippen molar-refractivity contribution in [2.75, 3.05) is 0 Å². The van der Waals surface area contributed by atoms with E-state index in [4.69, 9.17) is 0 Å². The molecule has 5 nitrogen and oxygen atoms in total. The van der Waals surface area contributed by atoms with E-state index in [1.807, 2.05) is 24.0 Å². The highest BCUT2D eigenvalue weighted by molar-refractivity contribution is 4.97. The SMILES string of the molecule is Cn1cnc(CNCc2cnc[nH]2)c1. The number of H-pyrrole nitrogens is 1. The summed E-state index contributed by atoms with van der Waals surface area (Å²) in [4.78, 5) is 11.2. The van der Waals surface area contributed by atoms with Crippen LogP contribution in [0, 0.1) is 0 Å². The molecule has 0 bridgehead atoms. The highest BCUT2D eigenvalue weighted by atomic mass is 15.0. The average molecular weight is 191 g/mol. The van der Waals surface area contributed by atoms with Crippen molar-refractivity contribution < 1.29 is 0 Å². The maximum absolute atomic E-state index is 4.21. The Hall–Kier alpha value is -1.62. The maximum atomic E-state index is 4.21. The summed E-state index contributed by atoms with van der Waals surface area (Å²) in [6, 6.07) is 0. The van der Waals surface area contributed by atoms with Crippen LogP contribution >= 0.6 is 0 Å². The molecule has 5 heteroatoms. The van der Waals surface area contributed by atoms with Gasteiger partial charge in [-0.3, -0.25) is 0 Å². The Kier molecular flexibility index (Phi) is 2.60. The Morgan fingerprint density at radius 3 is 3.07 bits per heavy atom. The molecule has 0 unspecified atom stereocenters. The molecule has 2 aromatic heterocycles. The largest absolute Gasteiger partial charge is 0.347 e. The predicted molar refractivity (Wildman–Crippen MR) is 52.3 cm³/mol. The van der Waals surface area contributed by atoms with Crippen molar-refractivity contribution in [3.63, 3.8) is 0 Å². The molecule has 0 spiro atoms. The molecular weight excluding hydrogens is 178 g/mol. The van der Waals surface area contributed by atoms with Crippen molar-refractivity contribution in [3.8, 4) is 0 Å². The molecule has 0 aliphatic carbocycles. The molecule has 14 heavy (non-hydrogen) atoms. The molecule has 0 fully saturated rings. The monoisotopic (exact) mass is 191 g/mol. The topological polar surface area (TPSA) is 58.5 Å². The fourth-order valence-corrected chi connectivity index (χ4v) is 1.26. The number of hydrogen-bond donors (Lipinski definition) is 2. The number of nitrogens with zero attached hydrogens (tertiary/aromatic N) is 3. The van der Waals surface area contributed by atoms with Gasteiger partial charge in [-0.05, 0) is 0 Å². The van der Waals surface area contributed by atoms with Gasteiger partial charge < -0.3 is 14.9 Å². The molecule has 0 saturated carbocycles. The molecule has 74 valence electrons. The molecule has 2 rings (SSSR count). The fourth-order valence-electron chi connectivity index (χ4n) is 1.26. The van der Waals surface area contributed by atoms with E-state index in [0.717, 1.165) is 24.5 Å². The first-order valence-corrected chi connectivity index (χ1v) is 4.49. The third-order valence-corrected chi connectivity index (χ3v) is 1.93. The van der Waals surface area contributed by atoms with Gasteiger partial charge in [0.1, 0.15) is 0 Å². The van der Waals surface area contributed by atoms with Crippen molar-refractivity contribution in [1.29, 1.82) is 0 Å². The van der Waals surface area contributed by atoms with Gasteiger partial charge in [0.15, 0.2) is 0 Å². The Morgan fingerprint density at radius 2 is 2.43 bits per heavy atom. The highest BCUT2D eigenvalue weighted by Gasteiger charge is 1.96. The number of rotatable bonds is 4. The van der Waals surface area contributed by atoms with E-state index in [0.29, 0.717) is 0 Å². The Morgan fingerprint density at radius 1 is 1.50 bits per heavy atom.